The van der Waals surface area contributed by atoms with Crippen LogP contribution in [0.3, 0.4) is 0 Å². The number of amides is 1. The summed E-state index contributed by atoms with van der Waals surface area (Å²) in [5.41, 5.74) is 9.30. The number of carbonyl (C=O) groups is 1. The Labute approximate surface area is 263 Å². The monoisotopic (exact) mass is 587 g/mol. The first-order chi connectivity index (χ1) is 20.9. The van der Waals surface area contributed by atoms with Crippen molar-refractivity contribution >= 4 is 17.2 Å². The van der Waals surface area contributed by atoms with Crippen molar-refractivity contribution in [2.75, 3.05) is 7.11 Å². The summed E-state index contributed by atoms with van der Waals surface area (Å²) in [6, 6.07) is 17.3. The van der Waals surface area contributed by atoms with Gasteiger partial charge in [-0.15, -0.1) is 0 Å². The summed E-state index contributed by atoms with van der Waals surface area (Å²) < 4.78 is 5.39. The van der Waals surface area contributed by atoms with Gasteiger partial charge in [-0.2, -0.15) is 5.26 Å². The van der Waals surface area contributed by atoms with E-state index in [-0.39, 0.29) is 29.2 Å². The topological polar surface area (TPSA) is 86.0 Å². The van der Waals surface area contributed by atoms with Crippen LogP contribution in [0.25, 0.3) is 5.57 Å². The standard InChI is InChI=1S/C39H45N3O2/c1-24-19-25(2)37(34(26(24)3)21-35(27(4)41)30-17-15-29(23-40)16-18-30)32-12-10-14-36(39(6,7)22-32)38(43)42-28(5)31-11-9-13-33(20-31)44-8/h9,11-13,15-21,28,36-37,41H,2,10,14,22H2,1,3-8H3,(H,42,43). The molecule has 0 saturated heterocycles. The molecule has 2 aromatic carbocycles. The van der Waals surface area contributed by atoms with Crippen LogP contribution in [-0.4, -0.2) is 18.7 Å². The third-order valence-corrected chi connectivity index (χ3v) is 9.24. The van der Waals surface area contributed by atoms with Gasteiger partial charge in [-0.05, 0) is 116 Å². The van der Waals surface area contributed by atoms with Crippen LogP contribution in [0.1, 0.15) is 83.5 Å². The average molecular weight is 588 g/mol. The van der Waals surface area contributed by atoms with Gasteiger partial charge in [0.15, 0.2) is 0 Å². The number of methoxy groups -OCH3 is 1. The van der Waals surface area contributed by atoms with Crippen molar-refractivity contribution in [1.29, 1.82) is 10.7 Å². The van der Waals surface area contributed by atoms with Gasteiger partial charge in [0, 0.05) is 23.1 Å². The Bertz CT molecular complexity index is 1630. The number of nitrogens with one attached hydrogen (secondary N) is 2. The maximum atomic E-state index is 13.8. The number of nitrogens with zero attached hydrogens (tertiary/aromatic N) is 1. The number of hydrogen-bond donors (Lipinski definition) is 2. The predicted molar refractivity (Wildman–Crippen MR) is 180 cm³/mol. The molecular weight excluding hydrogens is 542 g/mol. The Morgan fingerprint density at radius 2 is 1.91 bits per heavy atom. The number of rotatable bonds is 8. The van der Waals surface area contributed by atoms with Gasteiger partial charge in [0.25, 0.3) is 0 Å². The van der Waals surface area contributed by atoms with Crippen LogP contribution in [0, 0.1) is 34.0 Å². The number of carbonyl (C=O) groups excluding carboxylic acids is 1. The lowest BCUT2D eigenvalue weighted by atomic mass is 9.68. The Kier molecular flexibility index (Phi) is 9.95. The van der Waals surface area contributed by atoms with E-state index in [1.54, 1.807) is 26.2 Å². The van der Waals surface area contributed by atoms with E-state index < -0.39 is 0 Å². The van der Waals surface area contributed by atoms with Crippen LogP contribution < -0.4 is 10.1 Å². The predicted octanol–water partition coefficient (Wildman–Crippen LogP) is 9.07. The molecule has 0 saturated carbocycles. The summed E-state index contributed by atoms with van der Waals surface area (Å²) in [5.74, 6) is 0.661. The fraction of sp³-hybridized carbons (Fsp3) is 0.359. The number of benzene rings is 2. The van der Waals surface area contributed by atoms with Crippen LogP contribution in [0.2, 0.25) is 0 Å². The minimum absolute atomic E-state index is 0.0387. The van der Waals surface area contributed by atoms with Crippen molar-refractivity contribution in [2.24, 2.45) is 17.3 Å². The Balaban J connectivity index is 1.64. The lowest BCUT2D eigenvalue weighted by molar-refractivity contribution is -0.129. The van der Waals surface area contributed by atoms with Crippen molar-refractivity contribution < 1.29 is 9.53 Å². The van der Waals surface area contributed by atoms with Gasteiger partial charge >= 0.3 is 0 Å². The van der Waals surface area contributed by atoms with Crippen molar-refractivity contribution in [3.8, 4) is 11.8 Å². The summed E-state index contributed by atoms with van der Waals surface area (Å²) in [7, 11) is 1.65. The lowest BCUT2D eigenvalue weighted by Gasteiger charge is -2.36. The van der Waals surface area contributed by atoms with E-state index in [9.17, 15) is 10.1 Å². The van der Waals surface area contributed by atoms with Gasteiger partial charge < -0.3 is 15.5 Å². The molecule has 3 unspecified atom stereocenters. The molecule has 2 aliphatic carbocycles. The van der Waals surface area contributed by atoms with Gasteiger partial charge in [-0.1, -0.05) is 62.4 Å². The van der Waals surface area contributed by atoms with Crippen molar-refractivity contribution in [3.05, 3.63) is 118 Å². The molecule has 5 heteroatoms. The lowest BCUT2D eigenvalue weighted by Crippen LogP contribution is -2.40. The summed E-state index contributed by atoms with van der Waals surface area (Å²) in [4.78, 5) is 13.8. The molecule has 0 aromatic heterocycles. The minimum atomic E-state index is -0.285. The molecule has 228 valence electrons. The fourth-order valence-corrected chi connectivity index (χ4v) is 6.59. The highest BCUT2D eigenvalue weighted by atomic mass is 16.5. The zero-order chi connectivity index (χ0) is 32.2. The molecule has 0 bridgehead atoms. The normalized spacial score (nSPS) is 21.0. The maximum Gasteiger partial charge on any atom is 0.224 e. The molecule has 3 atom stereocenters. The highest BCUT2D eigenvalue weighted by molar-refractivity contribution is 6.21. The summed E-state index contributed by atoms with van der Waals surface area (Å²) >= 11 is 0. The summed E-state index contributed by atoms with van der Waals surface area (Å²) in [6.07, 6.45) is 8.98. The van der Waals surface area contributed by atoms with Gasteiger partial charge in [-0.3, -0.25) is 4.79 Å². The zero-order valence-electron chi connectivity index (χ0n) is 27.2. The Hall–Kier alpha value is -4.43. The van der Waals surface area contributed by atoms with Gasteiger partial charge in [0.2, 0.25) is 5.91 Å². The van der Waals surface area contributed by atoms with Crippen molar-refractivity contribution in [1.82, 2.24) is 5.32 Å². The van der Waals surface area contributed by atoms with Gasteiger partial charge in [0.05, 0.1) is 24.8 Å². The van der Waals surface area contributed by atoms with Gasteiger partial charge in [-0.25, -0.2) is 0 Å². The first-order valence-corrected chi connectivity index (χ1v) is 15.4. The Morgan fingerprint density at radius 3 is 2.55 bits per heavy atom. The molecule has 2 aromatic rings. The van der Waals surface area contributed by atoms with E-state index in [1.807, 2.05) is 43.3 Å². The van der Waals surface area contributed by atoms with Gasteiger partial charge in [0.1, 0.15) is 5.75 Å². The largest absolute Gasteiger partial charge is 0.497 e. The highest BCUT2D eigenvalue weighted by Crippen LogP contribution is 2.47. The third-order valence-electron chi connectivity index (χ3n) is 9.24. The average Bonchev–Trinajstić information content (AvgIpc) is 3.15. The summed E-state index contributed by atoms with van der Waals surface area (Å²) in [6.45, 7) is 17.0. The van der Waals surface area contributed by atoms with Crippen LogP contribution in [-0.2, 0) is 4.79 Å². The minimum Gasteiger partial charge on any atom is -0.497 e. The van der Waals surface area contributed by atoms with E-state index in [2.05, 4.69) is 63.9 Å². The van der Waals surface area contributed by atoms with E-state index in [4.69, 9.17) is 10.1 Å². The fourth-order valence-electron chi connectivity index (χ4n) is 6.59. The first-order valence-electron chi connectivity index (χ1n) is 15.4. The van der Waals surface area contributed by atoms with E-state index >= 15 is 0 Å². The summed E-state index contributed by atoms with van der Waals surface area (Å²) in [5, 5.41) is 21.2. The van der Waals surface area contributed by atoms with Crippen molar-refractivity contribution in [2.45, 2.75) is 66.8 Å². The number of ether oxygens (including phenoxy) is 1. The molecule has 5 nitrogen and oxygen atoms in total. The number of hydrogen-bond acceptors (Lipinski definition) is 4. The second-order valence-corrected chi connectivity index (χ2v) is 12.9. The third kappa shape index (κ3) is 7.03. The van der Waals surface area contributed by atoms with E-state index in [1.165, 1.54) is 11.1 Å². The molecule has 0 aliphatic heterocycles. The molecule has 4 rings (SSSR count). The molecular formula is C39H45N3O2. The Morgan fingerprint density at radius 1 is 1.20 bits per heavy atom. The maximum absolute atomic E-state index is 13.8. The quantitative estimate of drug-likeness (QED) is 0.239. The second-order valence-electron chi connectivity index (χ2n) is 12.9. The smallest absolute Gasteiger partial charge is 0.224 e. The van der Waals surface area contributed by atoms with Crippen LogP contribution in [0.4, 0.5) is 0 Å². The molecule has 0 spiro atoms. The zero-order valence-corrected chi connectivity index (χ0v) is 27.2. The molecule has 0 radical (unpaired) electrons. The van der Waals surface area contributed by atoms with Crippen LogP contribution >= 0.6 is 0 Å². The molecule has 44 heavy (non-hydrogen) atoms. The van der Waals surface area contributed by atoms with E-state index in [0.29, 0.717) is 11.3 Å². The van der Waals surface area contributed by atoms with Crippen LogP contribution in [0.5, 0.6) is 5.75 Å². The van der Waals surface area contributed by atoms with Crippen LogP contribution in [0.15, 0.2) is 101 Å². The SMILES string of the molecule is C=C1C=C(C)C(C)=C(C=C(C(C)=N)c2ccc(C#N)cc2)C1C1=CCCC(C(=O)NC(C)c2cccc(OC)c2)C(C)(C)C1. The molecule has 2 aliphatic rings. The van der Waals surface area contributed by atoms with E-state index in [0.717, 1.165) is 58.4 Å². The number of nitriles is 1. The molecule has 0 fully saturated rings. The molecule has 0 heterocycles. The molecule has 2 N–H and O–H groups in total. The molecule has 1 amide bonds. The van der Waals surface area contributed by atoms with Crippen molar-refractivity contribution in [3.63, 3.8) is 0 Å². The second kappa shape index (κ2) is 13.5. The number of allylic oxidation sites excluding steroid dienone is 9. The first kappa shape index (κ1) is 32.5. The highest BCUT2D eigenvalue weighted by Gasteiger charge is 2.40.